The van der Waals surface area contributed by atoms with E-state index in [1.54, 1.807) is 6.07 Å². The largest absolute Gasteiger partial charge is 0.455 e. The van der Waals surface area contributed by atoms with Crippen molar-refractivity contribution < 1.29 is 4.42 Å². The van der Waals surface area contributed by atoms with Crippen molar-refractivity contribution in [2.45, 2.75) is 11.8 Å². The summed E-state index contributed by atoms with van der Waals surface area (Å²) in [6.07, 6.45) is 8.98. The average molecular weight is 653 g/mol. The first-order valence-electron chi connectivity index (χ1n) is 17.1. The lowest BCUT2D eigenvalue weighted by Gasteiger charge is -2.34. The van der Waals surface area contributed by atoms with Gasteiger partial charge in [-0.05, 0) is 63.7 Å². The molecule has 2 aliphatic carbocycles. The van der Waals surface area contributed by atoms with Crippen LogP contribution in [0.2, 0.25) is 0 Å². The van der Waals surface area contributed by atoms with Gasteiger partial charge in [-0.15, -0.1) is 0 Å². The van der Waals surface area contributed by atoms with Crippen molar-refractivity contribution in [3.63, 3.8) is 0 Å². The Balaban J connectivity index is 1.17. The number of hydrogen-bond acceptors (Lipinski definition) is 5. The fourth-order valence-electron chi connectivity index (χ4n) is 7.76. The zero-order valence-electron chi connectivity index (χ0n) is 27.4. The first kappa shape index (κ1) is 29.1. The minimum absolute atomic E-state index is 0.268. The summed E-state index contributed by atoms with van der Waals surface area (Å²) < 4.78 is 6.45. The Morgan fingerprint density at radius 1 is 0.510 bits per heavy atom. The average Bonchev–Trinajstić information content (AvgIpc) is 3.60. The van der Waals surface area contributed by atoms with Crippen LogP contribution in [-0.4, -0.2) is 15.0 Å². The van der Waals surface area contributed by atoms with Crippen LogP contribution >= 0.6 is 0 Å². The van der Waals surface area contributed by atoms with Gasteiger partial charge in [-0.3, -0.25) is 0 Å². The second-order valence-electron chi connectivity index (χ2n) is 13.0. The molecule has 0 amide bonds. The van der Waals surface area contributed by atoms with E-state index in [9.17, 15) is 5.26 Å². The summed E-state index contributed by atoms with van der Waals surface area (Å²) in [6.45, 7) is 0. The summed E-state index contributed by atoms with van der Waals surface area (Å²) in [5.74, 6) is 2.24. The van der Waals surface area contributed by atoms with Crippen molar-refractivity contribution in [3.8, 4) is 62.5 Å². The minimum atomic E-state index is 0.268. The highest BCUT2D eigenvalue weighted by atomic mass is 16.3. The summed E-state index contributed by atoms with van der Waals surface area (Å²) in [6, 6.07) is 47.8. The Bertz CT molecular complexity index is 2710. The molecule has 0 saturated heterocycles. The number of nitrogens with zero attached hydrogens (tertiary/aromatic N) is 4. The maximum atomic E-state index is 10.2. The molecule has 0 N–H and O–H groups in total. The van der Waals surface area contributed by atoms with Gasteiger partial charge in [-0.1, -0.05) is 127 Å². The molecule has 6 aromatic carbocycles. The molecule has 5 heteroatoms. The molecule has 0 radical (unpaired) electrons. The number of nitriles is 1. The number of hydrogen-bond donors (Lipinski definition) is 0. The number of furan rings is 1. The molecule has 51 heavy (non-hydrogen) atoms. The van der Waals surface area contributed by atoms with Crippen molar-refractivity contribution >= 4 is 21.9 Å². The Hall–Kier alpha value is -6.90. The summed E-state index contributed by atoms with van der Waals surface area (Å²) >= 11 is 0. The van der Waals surface area contributed by atoms with Crippen LogP contribution in [0.5, 0.6) is 0 Å². The lowest BCUT2D eigenvalue weighted by atomic mass is 9.69. The van der Waals surface area contributed by atoms with E-state index in [2.05, 4.69) is 85.0 Å². The van der Waals surface area contributed by atoms with Gasteiger partial charge in [0, 0.05) is 39.3 Å². The minimum Gasteiger partial charge on any atom is -0.455 e. The SMILES string of the molecule is N#Cc1ccc(-c2nc(-c3ccccc3)nc(-c3ccccc3)n2)c2c1oc1ccc(-c3ccc4c(c3)C3C=CC=CC3c3ccccc3-4)cc12. The highest BCUT2D eigenvalue weighted by Crippen LogP contribution is 2.50. The normalized spacial score (nSPS) is 15.7. The molecule has 5 nitrogen and oxygen atoms in total. The van der Waals surface area contributed by atoms with Crippen LogP contribution in [0, 0.1) is 11.3 Å². The highest BCUT2D eigenvalue weighted by molar-refractivity contribution is 6.14. The number of rotatable bonds is 4. The van der Waals surface area contributed by atoms with Crippen molar-refractivity contribution in [2.75, 3.05) is 0 Å². The Morgan fingerprint density at radius 2 is 1.10 bits per heavy atom. The van der Waals surface area contributed by atoms with Crippen molar-refractivity contribution in [2.24, 2.45) is 0 Å². The molecule has 8 aromatic rings. The maximum Gasteiger partial charge on any atom is 0.164 e. The van der Waals surface area contributed by atoms with E-state index in [4.69, 9.17) is 19.4 Å². The van der Waals surface area contributed by atoms with Crippen LogP contribution < -0.4 is 0 Å². The quantitative estimate of drug-likeness (QED) is 0.189. The third-order valence-electron chi connectivity index (χ3n) is 10.2. The van der Waals surface area contributed by atoms with E-state index in [0.29, 0.717) is 40.1 Å². The Labute approximate surface area is 294 Å². The molecule has 2 heterocycles. The van der Waals surface area contributed by atoms with Crippen molar-refractivity contribution in [1.29, 1.82) is 5.26 Å². The van der Waals surface area contributed by atoms with Gasteiger partial charge in [0.05, 0.1) is 5.56 Å². The fraction of sp³-hybridized carbons (Fsp3) is 0.0435. The Kier molecular flexibility index (Phi) is 6.62. The monoisotopic (exact) mass is 652 g/mol. The third kappa shape index (κ3) is 4.73. The second-order valence-corrected chi connectivity index (χ2v) is 13.0. The molecule has 0 aliphatic heterocycles. The maximum absolute atomic E-state index is 10.2. The molecule has 0 bridgehead atoms. The van der Waals surface area contributed by atoms with E-state index in [1.165, 1.54) is 22.3 Å². The van der Waals surface area contributed by atoms with Gasteiger partial charge in [0.1, 0.15) is 11.7 Å². The first-order valence-corrected chi connectivity index (χ1v) is 17.1. The molecule has 2 aromatic heterocycles. The van der Waals surface area contributed by atoms with Crippen LogP contribution in [0.3, 0.4) is 0 Å². The number of aromatic nitrogens is 3. The zero-order chi connectivity index (χ0) is 33.9. The molecule has 0 fully saturated rings. The number of fused-ring (bicyclic) bond motifs is 9. The van der Waals surface area contributed by atoms with E-state index in [-0.39, 0.29) is 5.92 Å². The summed E-state index contributed by atoms with van der Waals surface area (Å²) in [7, 11) is 0. The van der Waals surface area contributed by atoms with Gasteiger partial charge in [0.15, 0.2) is 23.1 Å². The molecule has 2 unspecified atom stereocenters. The Morgan fingerprint density at radius 3 is 1.82 bits per heavy atom. The summed E-state index contributed by atoms with van der Waals surface area (Å²) in [5.41, 5.74) is 11.7. The lowest BCUT2D eigenvalue weighted by Crippen LogP contribution is -2.16. The molecular weight excluding hydrogens is 625 g/mol. The van der Waals surface area contributed by atoms with Gasteiger partial charge in [-0.25, -0.2) is 15.0 Å². The molecule has 2 atom stereocenters. The van der Waals surface area contributed by atoms with Gasteiger partial charge in [0.25, 0.3) is 0 Å². The molecule has 0 saturated carbocycles. The highest BCUT2D eigenvalue weighted by Gasteiger charge is 2.32. The molecule has 10 rings (SSSR count). The van der Waals surface area contributed by atoms with E-state index in [0.717, 1.165) is 38.6 Å². The zero-order valence-corrected chi connectivity index (χ0v) is 27.4. The van der Waals surface area contributed by atoms with E-state index >= 15 is 0 Å². The van der Waals surface area contributed by atoms with E-state index in [1.807, 2.05) is 72.8 Å². The van der Waals surface area contributed by atoms with Gasteiger partial charge >= 0.3 is 0 Å². The third-order valence-corrected chi connectivity index (χ3v) is 10.2. The van der Waals surface area contributed by atoms with Gasteiger partial charge in [-0.2, -0.15) is 5.26 Å². The number of benzene rings is 6. The molecule has 0 spiro atoms. The lowest BCUT2D eigenvalue weighted by molar-refractivity contribution is 0.667. The molecule has 238 valence electrons. The van der Waals surface area contributed by atoms with Gasteiger partial charge < -0.3 is 4.42 Å². The first-order chi connectivity index (χ1) is 25.2. The number of allylic oxidation sites excluding steroid dienone is 4. The molecular formula is C46H28N4O. The predicted molar refractivity (Wildman–Crippen MR) is 203 cm³/mol. The van der Waals surface area contributed by atoms with Crippen molar-refractivity contribution in [3.05, 3.63) is 174 Å². The predicted octanol–water partition coefficient (Wildman–Crippen LogP) is 11.3. The topological polar surface area (TPSA) is 75.6 Å². The summed E-state index contributed by atoms with van der Waals surface area (Å²) in [5, 5.41) is 11.9. The van der Waals surface area contributed by atoms with Crippen LogP contribution in [0.25, 0.3) is 78.4 Å². The fourth-order valence-corrected chi connectivity index (χ4v) is 7.76. The van der Waals surface area contributed by atoms with Crippen LogP contribution in [0.4, 0.5) is 0 Å². The van der Waals surface area contributed by atoms with Crippen LogP contribution in [-0.2, 0) is 0 Å². The van der Waals surface area contributed by atoms with Gasteiger partial charge in [0.2, 0.25) is 0 Å². The second kappa shape index (κ2) is 11.6. The van der Waals surface area contributed by atoms with Crippen LogP contribution in [0.15, 0.2) is 162 Å². The van der Waals surface area contributed by atoms with E-state index < -0.39 is 0 Å². The van der Waals surface area contributed by atoms with Crippen LogP contribution in [0.1, 0.15) is 28.5 Å². The molecule has 2 aliphatic rings. The smallest absolute Gasteiger partial charge is 0.164 e. The standard InChI is InChI=1S/C46H28N4O/c47-27-32-20-23-38(46-49-44(28-11-3-1-4-12-28)48-45(50-46)29-13-5-2-6-14-29)42-40-26-31(21-24-41(40)51-43(32)42)30-19-22-37-35-17-8-7-15-33(35)34-16-9-10-18-36(34)39(37)25-30/h1-26,34,36H. The summed E-state index contributed by atoms with van der Waals surface area (Å²) in [4.78, 5) is 14.9. The van der Waals surface area contributed by atoms with Crippen molar-refractivity contribution in [1.82, 2.24) is 15.0 Å².